The van der Waals surface area contributed by atoms with Crippen molar-refractivity contribution in [3.05, 3.63) is 54.8 Å². The molecule has 1 aliphatic carbocycles. The largest absolute Gasteiger partial charge is 0.349 e. The van der Waals surface area contributed by atoms with E-state index in [0.717, 1.165) is 36.9 Å². The Morgan fingerprint density at radius 2 is 2.09 bits per heavy atom. The maximum atomic E-state index is 11.1. The van der Waals surface area contributed by atoms with Crippen LogP contribution in [0, 0.1) is 26.1 Å². The molecular formula is C16H12ClN3O2S. The van der Waals surface area contributed by atoms with Gasteiger partial charge in [0.2, 0.25) is 0 Å². The zero-order valence-electron chi connectivity index (χ0n) is 12.1. The highest BCUT2D eigenvalue weighted by atomic mass is 35.5. The minimum atomic E-state index is -0.520. The molecule has 0 fully saturated rings. The molecule has 0 spiro atoms. The van der Waals surface area contributed by atoms with Gasteiger partial charge in [0.1, 0.15) is 15.7 Å². The van der Waals surface area contributed by atoms with Crippen LogP contribution in [0.15, 0.2) is 18.2 Å². The standard InChI is InChI=1S/C16H12ClN3O2S/c17-12-6-5-9(7-14(12)20(21)22)15-10-3-1-2-4-13(10)19-16(23)11(15)8-18/h5-7H,1-4H2,(H,19,23). The number of benzene rings is 1. The third-order valence-corrected chi connectivity index (χ3v) is 4.68. The van der Waals surface area contributed by atoms with Crippen molar-refractivity contribution in [1.82, 2.24) is 4.98 Å². The number of fused-ring (bicyclic) bond motifs is 1. The summed E-state index contributed by atoms with van der Waals surface area (Å²) in [4.78, 5) is 13.8. The molecule has 0 unspecified atom stereocenters. The van der Waals surface area contributed by atoms with Crippen LogP contribution in [0.4, 0.5) is 5.69 Å². The van der Waals surface area contributed by atoms with Crippen molar-refractivity contribution in [3.8, 4) is 17.2 Å². The van der Waals surface area contributed by atoms with E-state index in [4.69, 9.17) is 23.8 Å². The number of H-pyrrole nitrogens is 1. The Morgan fingerprint density at radius 3 is 2.78 bits per heavy atom. The second-order valence-electron chi connectivity index (χ2n) is 5.40. The van der Waals surface area contributed by atoms with Crippen molar-refractivity contribution in [3.63, 3.8) is 0 Å². The Morgan fingerprint density at radius 1 is 1.35 bits per heavy atom. The Bertz CT molecular complexity index is 915. The molecule has 23 heavy (non-hydrogen) atoms. The van der Waals surface area contributed by atoms with E-state index in [1.165, 1.54) is 12.1 Å². The maximum Gasteiger partial charge on any atom is 0.288 e. The number of hydrogen-bond acceptors (Lipinski definition) is 4. The number of rotatable bonds is 2. The summed E-state index contributed by atoms with van der Waals surface area (Å²) in [6, 6.07) is 6.75. The summed E-state index contributed by atoms with van der Waals surface area (Å²) in [5.41, 5.74) is 3.54. The molecule has 1 aromatic heterocycles. The number of aromatic nitrogens is 1. The van der Waals surface area contributed by atoms with E-state index in [2.05, 4.69) is 11.1 Å². The molecule has 1 aromatic carbocycles. The van der Waals surface area contributed by atoms with Gasteiger partial charge in [-0.25, -0.2) is 0 Å². The lowest BCUT2D eigenvalue weighted by Crippen LogP contribution is -2.09. The van der Waals surface area contributed by atoms with Crippen molar-refractivity contribution in [1.29, 1.82) is 5.26 Å². The van der Waals surface area contributed by atoms with Crippen LogP contribution in [0.2, 0.25) is 5.02 Å². The number of nitrogens with one attached hydrogen (secondary N) is 1. The second kappa shape index (κ2) is 6.11. The number of halogens is 1. The van der Waals surface area contributed by atoms with Crippen LogP contribution in [0.3, 0.4) is 0 Å². The molecule has 0 saturated carbocycles. The fraction of sp³-hybridized carbons (Fsp3) is 0.250. The Kier molecular flexibility index (Phi) is 4.16. The van der Waals surface area contributed by atoms with Gasteiger partial charge in [-0.05, 0) is 42.9 Å². The van der Waals surface area contributed by atoms with Gasteiger partial charge in [-0.2, -0.15) is 5.26 Å². The van der Waals surface area contributed by atoms with Gasteiger partial charge in [0.25, 0.3) is 5.69 Å². The zero-order chi connectivity index (χ0) is 16.6. The van der Waals surface area contributed by atoms with Crippen LogP contribution in [-0.4, -0.2) is 9.91 Å². The molecule has 1 aliphatic rings. The number of nitro benzene ring substituents is 1. The molecule has 0 bridgehead atoms. The lowest BCUT2D eigenvalue weighted by atomic mass is 9.87. The number of aryl methyl sites for hydroxylation is 1. The van der Waals surface area contributed by atoms with Crippen molar-refractivity contribution in [2.24, 2.45) is 0 Å². The first kappa shape index (κ1) is 15.7. The smallest absolute Gasteiger partial charge is 0.288 e. The molecule has 0 aliphatic heterocycles. The molecule has 3 rings (SSSR count). The third kappa shape index (κ3) is 2.74. The van der Waals surface area contributed by atoms with Gasteiger partial charge < -0.3 is 4.98 Å². The Hall–Kier alpha value is -2.23. The predicted octanol–water partition coefficient (Wildman–Crippen LogP) is 4.72. The summed E-state index contributed by atoms with van der Waals surface area (Å²) in [6.45, 7) is 0. The van der Waals surface area contributed by atoms with E-state index in [1.807, 2.05) is 0 Å². The van der Waals surface area contributed by atoms with Crippen LogP contribution in [0.1, 0.15) is 29.7 Å². The number of hydrogen-bond donors (Lipinski definition) is 1. The van der Waals surface area contributed by atoms with Gasteiger partial charge in [0.15, 0.2) is 0 Å². The molecule has 116 valence electrons. The monoisotopic (exact) mass is 345 g/mol. The van der Waals surface area contributed by atoms with E-state index in [9.17, 15) is 15.4 Å². The first-order valence-electron chi connectivity index (χ1n) is 7.15. The van der Waals surface area contributed by atoms with E-state index >= 15 is 0 Å². The average molecular weight is 346 g/mol. The average Bonchev–Trinajstić information content (AvgIpc) is 2.54. The Labute approximate surface area is 142 Å². The van der Waals surface area contributed by atoms with Crippen LogP contribution < -0.4 is 0 Å². The fourth-order valence-electron chi connectivity index (χ4n) is 3.02. The summed E-state index contributed by atoms with van der Waals surface area (Å²) in [5.74, 6) is 0. The van der Waals surface area contributed by atoms with Crippen LogP contribution in [0.25, 0.3) is 11.1 Å². The number of nitrogens with zero attached hydrogens (tertiary/aromatic N) is 2. The van der Waals surface area contributed by atoms with Crippen molar-refractivity contribution in [2.75, 3.05) is 0 Å². The molecule has 2 aromatic rings. The molecular weight excluding hydrogens is 334 g/mol. The van der Waals surface area contributed by atoms with Gasteiger partial charge in [-0.15, -0.1) is 0 Å². The number of nitriles is 1. The topological polar surface area (TPSA) is 82.7 Å². The molecule has 1 N–H and O–H groups in total. The summed E-state index contributed by atoms with van der Waals surface area (Å²) < 4.78 is 0.376. The van der Waals surface area contributed by atoms with Crippen molar-refractivity contribution >= 4 is 29.5 Å². The normalized spacial score (nSPS) is 13.2. The number of nitro groups is 1. The molecule has 0 amide bonds. The Balaban J connectivity index is 2.34. The van der Waals surface area contributed by atoms with Crippen molar-refractivity contribution in [2.45, 2.75) is 25.7 Å². The van der Waals surface area contributed by atoms with E-state index in [0.29, 0.717) is 21.3 Å². The predicted molar refractivity (Wildman–Crippen MR) is 90.1 cm³/mol. The quantitative estimate of drug-likeness (QED) is 0.485. The molecule has 5 nitrogen and oxygen atoms in total. The maximum absolute atomic E-state index is 11.1. The van der Waals surface area contributed by atoms with Crippen LogP contribution in [0.5, 0.6) is 0 Å². The zero-order valence-corrected chi connectivity index (χ0v) is 13.6. The fourth-order valence-corrected chi connectivity index (χ4v) is 3.47. The lowest BCUT2D eigenvalue weighted by Gasteiger charge is -2.20. The highest BCUT2D eigenvalue weighted by Crippen LogP contribution is 2.37. The van der Waals surface area contributed by atoms with Gasteiger partial charge in [0, 0.05) is 17.3 Å². The van der Waals surface area contributed by atoms with Crippen LogP contribution >= 0.6 is 23.8 Å². The van der Waals surface area contributed by atoms with Gasteiger partial charge >= 0.3 is 0 Å². The first-order chi connectivity index (χ1) is 11.0. The summed E-state index contributed by atoms with van der Waals surface area (Å²) in [6.07, 6.45) is 3.77. The first-order valence-corrected chi connectivity index (χ1v) is 7.94. The number of aromatic amines is 1. The van der Waals surface area contributed by atoms with E-state index in [-0.39, 0.29) is 10.7 Å². The second-order valence-corrected chi connectivity index (χ2v) is 6.22. The molecule has 0 saturated heterocycles. The van der Waals surface area contributed by atoms with Gasteiger partial charge in [0.05, 0.1) is 10.5 Å². The molecule has 7 heteroatoms. The molecule has 1 heterocycles. The van der Waals surface area contributed by atoms with Gasteiger partial charge in [-0.1, -0.05) is 29.9 Å². The van der Waals surface area contributed by atoms with Gasteiger partial charge in [-0.3, -0.25) is 10.1 Å². The minimum Gasteiger partial charge on any atom is -0.349 e. The minimum absolute atomic E-state index is 0.0761. The van der Waals surface area contributed by atoms with E-state index < -0.39 is 4.92 Å². The van der Waals surface area contributed by atoms with E-state index in [1.54, 1.807) is 6.07 Å². The molecule has 0 atom stereocenters. The SMILES string of the molecule is N#Cc1c(-c2ccc(Cl)c([N+](=O)[O-])c2)c2c([nH]c1=S)CCCC2. The highest BCUT2D eigenvalue weighted by Gasteiger charge is 2.22. The van der Waals surface area contributed by atoms with Crippen molar-refractivity contribution < 1.29 is 4.92 Å². The third-order valence-electron chi connectivity index (χ3n) is 4.05. The summed E-state index contributed by atoms with van der Waals surface area (Å²) in [5, 5.41) is 20.7. The molecule has 0 radical (unpaired) electrons. The summed E-state index contributed by atoms with van der Waals surface area (Å²) >= 11 is 11.2. The lowest BCUT2D eigenvalue weighted by molar-refractivity contribution is -0.384. The summed E-state index contributed by atoms with van der Waals surface area (Å²) in [7, 11) is 0. The number of pyridine rings is 1. The highest BCUT2D eigenvalue weighted by molar-refractivity contribution is 7.71. The van der Waals surface area contributed by atoms with Crippen LogP contribution in [-0.2, 0) is 12.8 Å².